The molecule has 2 rings (SSSR count). The number of rotatable bonds is 3. The van der Waals surface area contributed by atoms with Crippen LogP contribution in [-0.4, -0.2) is 5.43 Å². The maximum atomic E-state index is 10.9. The summed E-state index contributed by atoms with van der Waals surface area (Å²) in [4.78, 5) is 10.9. The number of halogens is 1. The van der Waals surface area contributed by atoms with Crippen LogP contribution in [0.5, 0.6) is 5.75 Å². The molecule has 92 valence electrons. The van der Waals surface area contributed by atoms with Crippen LogP contribution in [0, 0.1) is 6.92 Å². The summed E-state index contributed by atoms with van der Waals surface area (Å²) < 4.78 is 5.07. The van der Waals surface area contributed by atoms with Crippen LogP contribution in [0.15, 0.2) is 48.5 Å². The van der Waals surface area contributed by atoms with Crippen LogP contribution in [0.4, 0.5) is 4.79 Å². The van der Waals surface area contributed by atoms with Crippen molar-refractivity contribution in [3.63, 3.8) is 0 Å². The van der Waals surface area contributed by atoms with Gasteiger partial charge in [0.05, 0.1) is 0 Å². The highest BCUT2D eigenvalue weighted by Gasteiger charge is 2.10. The van der Waals surface area contributed by atoms with Gasteiger partial charge in [-0.15, -0.1) is 0 Å². The number of para-hydroxylation sites is 1. The summed E-state index contributed by atoms with van der Waals surface area (Å²) in [6.45, 7) is 1.89. The largest absolute Gasteiger partial charge is 0.414 e. The van der Waals surface area contributed by atoms with Crippen LogP contribution in [0.2, 0.25) is 0 Å². The lowest BCUT2D eigenvalue weighted by Gasteiger charge is -2.11. The van der Waals surface area contributed by atoms with E-state index in [1.807, 2.05) is 55.5 Å². The molecule has 3 heteroatoms. The molecule has 0 radical (unpaired) electrons. The van der Waals surface area contributed by atoms with Crippen LogP contribution in [0.1, 0.15) is 16.7 Å². The van der Waals surface area contributed by atoms with Gasteiger partial charge in [0.25, 0.3) is 0 Å². The number of ether oxygens (including phenoxy) is 1. The Hall–Kier alpha value is -1.80. The Labute approximate surface area is 111 Å². The summed E-state index contributed by atoms with van der Waals surface area (Å²) in [7, 11) is 0. The van der Waals surface area contributed by atoms with Crippen LogP contribution < -0.4 is 4.74 Å². The van der Waals surface area contributed by atoms with E-state index in [0.717, 1.165) is 16.7 Å². The van der Waals surface area contributed by atoms with Crippen molar-refractivity contribution in [3.8, 4) is 5.75 Å². The van der Waals surface area contributed by atoms with Gasteiger partial charge in [-0.1, -0.05) is 48.5 Å². The van der Waals surface area contributed by atoms with Crippen molar-refractivity contribution in [1.29, 1.82) is 0 Å². The fourth-order valence-corrected chi connectivity index (χ4v) is 1.97. The Kier molecular flexibility index (Phi) is 4.00. The van der Waals surface area contributed by atoms with E-state index >= 15 is 0 Å². The average Bonchev–Trinajstić information content (AvgIpc) is 2.34. The van der Waals surface area contributed by atoms with E-state index in [1.54, 1.807) is 0 Å². The molecule has 0 N–H and O–H groups in total. The second kappa shape index (κ2) is 5.69. The molecule has 0 heterocycles. The Morgan fingerprint density at radius 2 is 1.83 bits per heavy atom. The Bertz CT molecular complexity index is 550. The van der Waals surface area contributed by atoms with Gasteiger partial charge in [0, 0.05) is 18.0 Å². The number of aryl methyl sites for hydroxylation is 1. The number of carbonyl (C=O) groups excluding carboxylic acids is 1. The lowest BCUT2D eigenvalue weighted by atomic mass is 10.0. The van der Waals surface area contributed by atoms with Gasteiger partial charge in [0.15, 0.2) is 0 Å². The van der Waals surface area contributed by atoms with Crippen LogP contribution in [0.25, 0.3) is 0 Å². The molecule has 0 aliphatic rings. The zero-order valence-corrected chi connectivity index (χ0v) is 10.8. The van der Waals surface area contributed by atoms with Gasteiger partial charge in [0.2, 0.25) is 0 Å². The van der Waals surface area contributed by atoms with Crippen LogP contribution in [0.3, 0.4) is 0 Å². The molecule has 2 aromatic rings. The molecule has 0 saturated heterocycles. The maximum Gasteiger partial charge on any atom is 0.409 e. The first-order chi connectivity index (χ1) is 8.66. The predicted octanol–water partition coefficient (Wildman–Crippen LogP) is 4.32. The molecular weight excluding hydrogens is 248 g/mol. The van der Waals surface area contributed by atoms with Gasteiger partial charge >= 0.3 is 5.43 Å². The number of carbonyl (C=O) groups is 1. The number of hydrogen-bond donors (Lipinski definition) is 0. The zero-order chi connectivity index (χ0) is 13.0. The lowest BCUT2D eigenvalue weighted by molar-refractivity contribution is 0.225. The quantitative estimate of drug-likeness (QED) is 0.768. The SMILES string of the molecule is Cc1cccc(Cc2ccccc2)c1OC(=O)Cl. The minimum absolute atomic E-state index is 0.557. The van der Waals surface area contributed by atoms with E-state index in [2.05, 4.69) is 0 Å². The van der Waals surface area contributed by atoms with Crippen molar-refractivity contribution >= 4 is 17.0 Å². The Balaban J connectivity index is 2.32. The van der Waals surface area contributed by atoms with Crippen LogP contribution >= 0.6 is 11.6 Å². The topological polar surface area (TPSA) is 26.3 Å². The molecule has 2 aromatic carbocycles. The molecule has 0 saturated carbocycles. The fourth-order valence-electron chi connectivity index (χ4n) is 1.89. The summed E-state index contributed by atoms with van der Waals surface area (Å²) >= 11 is 5.30. The molecule has 2 nitrogen and oxygen atoms in total. The van der Waals surface area contributed by atoms with Gasteiger partial charge in [-0.2, -0.15) is 0 Å². The van der Waals surface area contributed by atoms with E-state index in [9.17, 15) is 4.79 Å². The predicted molar refractivity (Wildman–Crippen MR) is 72.3 cm³/mol. The third kappa shape index (κ3) is 3.11. The molecule has 0 bridgehead atoms. The third-order valence-corrected chi connectivity index (χ3v) is 2.79. The molecular formula is C15H13ClO2. The minimum atomic E-state index is -0.807. The first-order valence-electron chi connectivity index (χ1n) is 5.66. The monoisotopic (exact) mass is 260 g/mol. The minimum Gasteiger partial charge on any atom is -0.414 e. The van der Waals surface area contributed by atoms with E-state index in [-0.39, 0.29) is 0 Å². The maximum absolute atomic E-state index is 10.9. The molecule has 0 fully saturated rings. The van der Waals surface area contributed by atoms with Crippen molar-refractivity contribution in [2.24, 2.45) is 0 Å². The molecule has 0 atom stereocenters. The highest BCUT2D eigenvalue weighted by atomic mass is 35.5. The van der Waals surface area contributed by atoms with Crippen molar-refractivity contribution in [2.75, 3.05) is 0 Å². The molecule has 0 aliphatic carbocycles. The van der Waals surface area contributed by atoms with E-state index < -0.39 is 5.43 Å². The van der Waals surface area contributed by atoms with E-state index in [4.69, 9.17) is 16.3 Å². The van der Waals surface area contributed by atoms with E-state index in [0.29, 0.717) is 12.2 Å². The highest BCUT2D eigenvalue weighted by Crippen LogP contribution is 2.26. The standard InChI is InChI=1S/C15H13ClO2/c1-11-6-5-9-13(14(11)18-15(16)17)10-12-7-3-2-4-8-12/h2-9H,10H2,1H3. The first kappa shape index (κ1) is 12.7. The molecule has 0 aliphatic heterocycles. The number of benzene rings is 2. The summed E-state index contributed by atoms with van der Waals surface area (Å²) in [5.41, 5.74) is 2.21. The van der Waals surface area contributed by atoms with Crippen molar-refractivity contribution in [2.45, 2.75) is 13.3 Å². The van der Waals surface area contributed by atoms with Crippen molar-refractivity contribution < 1.29 is 9.53 Å². The Morgan fingerprint density at radius 1 is 1.11 bits per heavy atom. The van der Waals surface area contributed by atoms with Crippen molar-refractivity contribution in [3.05, 3.63) is 65.2 Å². The second-order valence-electron chi connectivity index (χ2n) is 4.07. The number of hydrogen-bond acceptors (Lipinski definition) is 2. The summed E-state index contributed by atoms with van der Waals surface area (Å²) in [6, 6.07) is 15.8. The van der Waals surface area contributed by atoms with Crippen LogP contribution in [-0.2, 0) is 6.42 Å². The summed E-state index contributed by atoms with van der Waals surface area (Å²) in [5, 5.41) is 0. The van der Waals surface area contributed by atoms with Crippen molar-refractivity contribution in [1.82, 2.24) is 0 Å². The third-order valence-electron chi connectivity index (χ3n) is 2.71. The normalized spacial score (nSPS) is 10.1. The van der Waals surface area contributed by atoms with Gasteiger partial charge in [-0.3, -0.25) is 0 Å². The van der Waals surface area contributed by atoms with Gasteiger partial charge in [-0.05, 0) is 23.6 Å². The van der Waals surface area contributed by atoms with Gasteiger partial charge in [0.1, 0.15) is 5.75 Å². The molecule has 18 heavy (non-hydrogen) atoms. The highest BCUT2D eigenvalue weighted by molar-refractivity contribution is 6.61. The van der Waals surface area contributed by atoms with E-state index in [1.165, 1.54) is 0 Å². The first-order valence-corrected chi connectivity index (χ1v) is 6.04. The zero-order valence-electron chi connectivity index (χ0n) is 10.0. The lowest BCUT2D eigenvalue weighted by Crippen LogP contribution is -2.02. The molecule has 0 spiro atoms. The molecule has 0 aromatic heterocycles. The molecule has 0 amide bonds. The average molecular weight is 261 g/mol. The fraction of sp³-hybridized carbons (Fsp3) is 0.133. The summed E-state index contributed by atoms with van der Waals surface area (Å²) in [6.07, 6.45) is 0.710. The second-order valence-corrected chi connectivity index (χ2v) is 4.37. The van der Waals surface area contributed by atoms with Gasteiger partial charge < -0.3 is 4.74 Å². The smallest absolute Gasteiger partial charge is 0.409 e. The Morgan fingerprint density at radius 3 is 2.50 bits per heavy atom. The summed E-state index contributed by atoms with van der Waals surface area (Å²) in [5.74, 6) is 0.557. The van der Waals surface area contributed by atoms with Gasteiger partial charge in [-0.25, -0.2) is 4.79 Å². The molecule has 0 unspecified atom stereocenters.